The molecule has 0 aliphatic carbocycles. The third-order valence-corrected chi connectivity index (χ3v) is 6.72. The number of rotatable bonds is 7. The molecule has 1 aliphatic rings. The van der Waals surface area contributed by atoms with Gasteiger partial charge in [-0.25, -0.2) is 8.42 Å². The topological polar surface area (TPSA) is 104 Å². The van der Waals surface area contributed by atoms with Gasteiger partial charge in [0.25, 0.3) is 0 Å². The molecule has 27 heavy (non-hydrogen) atoms. The number of carbonyl (C=O) groups is 2. The van der Waals surface area contributed by atoms with Gasteiger partial charge < -0.3 is 10.4 Å². The van der Waals surface area contributed by atoms with Crippen LogP contribution in [0.5, 0.6) is 0 Å². The van der Waals surface area contributed by atoms with Crippen LogP contribution in [0.3, 0.4) is 0 Å². The standard InChI is InChI=1S/C19H28N2O5S/c1-14-6-8-16(9-7-14)27(25,26)21-12-4-5-15(13-21)18(24)20-19(2,3)11-10-17(22)23/h6-9,15H,4-5,10-13H2,1-3H3,(H,20,24)(H,22,23). The van der Waals surface area contributed by atoms with Crippen molar-refractivity contribution in [3.63, 3.8) is 0 Å². The van der Waals surface area contributed by atoms with E-state index in [1.807, 2.05) is 6.92 Å². The van der Waals surface area contributed by atoms with Crippen LogP contribution in [0.15, 0.2) is 29.2 Å². The average molecular weight is 397 g/mol. The highest BCUT2D eigenvalue weighted by atomic mass is 32.2. The number of nitrogens with one attached hydrogen (secondary N) is 1. The lowest BCUT2D eigenvalue weighted by Crippen LogP contribution is -2.51. The van der Waals surface area contributed by atoms with Gasteiger partial charge in [0.1, 0.15) is 0 Å². The molecule has 1 saturated heterocycles. The number of nitrogens with zero attached hydrogens (tertiary/aromatic N) is 1. The summed E-state index contributed by atoms with van der Waals surface area (Å²) in [7, 11) is -3.63. The largest absolute Gasteiger partial charge is 0.481 e. The average Bonchev–Trinajstić information content (AvgIpc) is 2.60. The second-order valence-electron chi connectivity index (χ2n) is 7.78. The van der Waals surface area contributed by atoms with Crippen molar-refractivity contribution in [3.8, 4) is 0 Å². The first kappa shape index (κ1) is 21.4. The third-order valence-electron chi connectivity index (χ3n) is 4.84. The normalized spacial score (nSPS) is 18.9. The molecular weight excluding hydrogens is 368 g/mol. The van der Waals surface area contributed by atoms with Crippen molar-refractivity contribution < 1.29 is 23.1 Å². The number of carboxylic acids is 1. The highest BCUT2D eigenvalue weighted by Crippen LogP contribution is 2.25. The zero-order chi connectivity index (χ0) is 20.2. The lowest BCUT2D eigenvalue weighted by atomic mass is 9.94. The summed E-state index contributed by atoms with van der Waals surface area (Å²) in [6, 6.07) is 6.69. The van der Waals surface area contributed by atoms with Gasteiger partial charge in [-0.05, 0) is 52.2 Å². The molecule has 1 amide bonds. The van der Waals surface area contributed by atoms with E-state index in [1.54, 1.807) is 38.1 Å². The second-order valence-corrected chi connectivity index (χ2v) is 9.72. The highest BCUT2D eigenvalue weighted by Gasteiger charge is 2.35. The number of aliphatic carboxylic acids is 1. The summed E-state index contributed by atoms with van der Waals surface area (Å²) >= 11 is 0. The molecular formula is C19H28N2O5S. The molecule has 8 heteroatoms. The number of aryl methyl sites for hydroxylation is 1. The van der Waals surface area contributed by atoms with E-state index in [0.29, 0.717) is 25.8 Å². The van der Waals surface area contributed by atoms with E-state index in [0.717, 1.165) is 5.56 Å². The van der Waals surface area contributed by atoms with Gasteiger partial charge in [-0.3, -0.25) is 9.59 Å². The molecule has 150 valence electrons. The van der Waals surface area contributed by atoms with Crippen LogP contribution in [0.2, 0.25) is 0 Å². The van der Waals surface area contributed by atoms with Gasteiger partial charge in [0.2, 0.25) is 15.9 Å². The van der Waals surface area contributed by atoms with Gasteiger partial charge in [-0.15, -0.1) is 0 Å². The van der Waals surface area contributed by atoms with Gasteiger partial charge in [-0.1, -0.05) is 17.7 Å². The Kier molecular flexibility index (Phi) is 6.64. The second kappa shape index (κ2) is 8.39. The van der Waals surface area contributed by atoms with Crippen molar-refractivity contribution in [2.24, 2.45) is 5.92 Å². The number of piperidine rings is 1. The predicted molar refractivity (Wildman–Crippen MR) is 102 cm³/mol. The Hall–Kier alpha value is -1.93. The summed E-state index contributed by atoms with van der Waals surface area (Å²) in [4.78, 5) is 23.6. The predicted octanol–water partition coefficient (Wildman–Crippen LogP) is 2.16. The zero-order valence-electron chi connectivity index (χ0n) is 16.1. The fraction of sp³-hybridized carbons (Fsp3) is 0.579. The van der Waals surface area contributed by atoms with Crippen molar-refractivity contribution in [1.82, 2.24) is 9.62 Å². The minimum atomic E-state index is -3.63. The molecule has 0 saturated carbocycles. The summed E-state index contributed by atoms with van der Waals surface area (Å²) in [5.41, 5.74) is 0.321. The molecule has 1 aromatic carbocycles. The van der Waals surface area contributed by atoms with Crippen LogP contribution < -0.4 is 5.32 Å². The van der Waals surface area contributed by atoms with Crippen molar-refractivity contribution in [2.45, 2.75) is 56.9 Å². The molecule has 1 atom stereocenters. The van der Waals surface area contributed by atoms with Crippen molar-refractivity contribution >= 4 is 21.9 Å². The fourth-order valence-corrected chi connectivity index (χ4v) is 4.68. The van der Waals surface area contributed by atoms with Crippen LogP contribution in [-0.4, -0.2) is 48.3 Å². The summed E-state index contributed by atoms with van der Waals surface area (Å²) in [6.07, 6.45) is 1.50. The van der Waals surface area contributed by atoms with Crippen LogP contribution in [0.4, 0.5) is 0 Å². The number of hydrogen-bond acceptors (Lipinski definition) is 4. The highest BCUT2D eigenvalue weighted by molar-refractivity contribution is 7.89. The van der Waals surface area contributed by atoms with Crippen LogP contribution in [0.25, 0.3) is 0 Å². The number of sulfonamides is 1. The molecule has 0 radical (unpaired) electrons. The van der Waals surface area contributed by atoms with Crippen LogP contribution in [0.1, 0.15) is 45.1 Å². The molecule has 0 aromatic heterocycles. The Morgan fingerprint density at radius 1 is 1.26 bits per heavy atom. The first-order valence-electron chi connectivity index (χ1n) is 9.12. The SMILES string of the molecule is Cc1ccc(S(=O)(=O)N2CCCC(C(=O)NC(C)(C)CCC(=O)O)C2)cc1. The Bertz CT molecular complexity index is 787. The van der Waals surface area contributed by atoms with Crippen molar-refractivity contribution in [3.05, 3.63) is 29.8 Å². The molecule has 1 aliphatic heterocycles. The number of carbonyl (C=O) groups excluding carboxylic acids is 1. The van der Waals surface area contributed by atoms with E-state index in [1.165, 1.54) is 4.31 Å². The maximum Gasteiger partial charge on any atom is 0.303 e. The molecule has 2 N–H and O–H groups in total. The molecule has 2 rings (SSSR count). The minimum Gasteiger partial charge on any atom is -0.481 e. The van der Waals surface area contributed by atoms with Crippen LogP contribution in [-0.2, 0) is 19.6 Å². The molecule has 1 unspecified atom stereocenters. The van der Waals surface area contributed by atoms with E-state index < -0.39 is 27.4 Å². The molecule has 1 heterocycles. The van der Waals surface area contributed by atoms with Crippen LogP contribution >= 0.6 is 0 Å². The summed E-state index contributed by atoms with van der Waals surface area (Å²) in [5.74, 6) is -1.58. The number of amides is 1. The number of hydrogen-bond donors (Lipinski definition) is 2. The lowest BCUT2D eigenvalue weighted by molar-refractivity contribution is -0.138. The first-order valence-corrected chi connectivity index (χ1v) is 10.6. The fourth-order valence-electron chi connectivity index (χ4n) is 3.15. The Morgan fingerprint density at radius 3 is 2.48 bits per heavy atom. The summed E-state index contributed by atoms with van der Waals surface area (Å²) in [6.45, 7) is 5.97. The molecule has 1 fully saturated rings. The monoisotopic (exact) mass is 396 g/mol. The third kappa shape index (κ3) is 5.77. The molecule has 1 aromatic rings. The Morgan fingerprint density at radius 2 is 1.89 bits per heavy atom. The van der Waals surface area contributed by atoms with E-state index in [2.05, 4.69) is 5.32 Å². The van der Waals surface area contributed by atoms with E-state index in [9.17, 15) is 18.0 Å². The van der Waals surface area contributed by atoms with E-state index in [4.69, 9.17) is 5.11 Å². The summed E-state index contributed by atoms with van der Waals surface area (Å²) in [5, 5.41) is 11.7. The number of carboxylic acid groups (broad SMARTS) is 1. The van der Waals surface area contributed by atoms with Gasteiger partial charge in [-0.2, -0.15) is 4.31 Å². The van der Waals surface area contributed by atoms with Gasteiger partial charge in [0.15, 0.2) is 0 Å². The quantitative estimate of drug-likeness (QED) is 0.735. The van der Waals surface area contributed by atoms with Gasteiger partial charge >= 0.3 is 5.97 Å². The van der Waals surface area contributed by atoms with Gasteiger partial charge in [0, 0.05) is 25.0 Å². The maximum absolute atomic E-state index is 12.9. The maximum atomic E-state index is 12.9. The van der Waals surface area contributed by atoms with E-state index >= 15 is 0 Å². The van der Waals surface area contributed by atoms with Crippen LogP contribution in [0, 0.1) is 12.8 Å². The molecule has 0 bridgehead atoms. The van der Waals surface area contributed by atoms with Gasteiger partial charge in [0.05, 0.1) is 10.8 Å². The smallest absolute Gasteiger partial charge is 0.303 e. The Labute approximate surface area is 160 Å². The van der Waals surface area contributed by atoms with Crippen molar-refractivity contribution in [2.75, 3.05) is 13.1 Å². The molecule has 7 nitrogen and oxygen atoms in total. The van der Waals surface area contributed by atoms with E-state index in [-0.39, 0.29) is 23.8 Å². The van der Waals surface area contributed by atoms with Crippen molar-refractivity contribution in [1.29, 1.82) is 0 Å². The zero-order valence-corrected chi connectivity index (χ0v) is 16.9. The summed E-state index contributed by atoms with van der Waals surface area (Å²) < 4.78 is 27.1. The molecule has 0 spiro atoms. The Balaban J connectivity index is 2.05. The minimum absolute atomic E-state index is 0.0358. The first-order chi connectivity index (χ1) is 12.5. The lowest BCUT2D eigenvalue weighted by Gasteiger charge is -2.34. The number of benzene rings is 1.